The topological polar surface area (TPSA) is 85.7 Å². The second kappa shape index (κ2) is 10.4. The highest BCUT2D eigenvalue weighted by Gasteiger charge is 2.22. The Morgan fingerprint density at radius 2 is 1.85 bits per heavy atom. The molecule has 0 bridgehead atoms. The van der Waals surface area contributed by atoms with Gasteiger partial charge in [0, 0.05) is 18.4 Å². The molecule has 8 nitrogen and oxygen atoms in total. The molecule has 0 saturated heterocycles. The summed E-state index contributed by atoms with van der Waals surface area (Å²) in [5, 5.41) is 7.37. The zero-order valence-electron chi connectivity index (χ0n) is 20.6. The predicted molar refractivity (Wildman–Crippen MR) is 132 cm³/mol. The molecule has 8 heteroatoms. The maximum Gasteiger partial charge on any atom is 0.410 e. The van der Waals surface area contributed by atoms with Crippen LogP contribution in [0.1, 0.15) is 49.3 Å². The summed E-state index contributed by atoms with van der Waals surface area (Å²) in [5.74, 6) is 0.311. The van der Waals surface area contributed by atoms with E-state index in [9.17, 15) is 9.59 Å². The van der Waals surface area contributed by atoms with Crippen molar-refractivity contribution < 1.29 is 19.1 Å². The van der Waals surface area contributed by atoms with Gasteiger partial charge in [0.15, 0.2) is 5.69 Å². The first-order valence-corrected chi connectivity index (χ1v) is 11.2. The molecule has 1 N–H and O–H groups in total. The van der Waals surface area contributed by atoms with Crippen molar-refractivity contribution in [3.63, 3.8) is 0 Å². The van der Waals surface area contributed by atoms with Crippen LogP contribution >= 0.6 is 0 Å². The minimum Gasteiger partial charge on any atom is -0.494 e. The number of carbonyl (C=O) groups excluding carboxylic acids is 2. The van der Waals surface area contributed by atoms with Crippen molar-refractivity contribution in [2.75, 3.05) is 19.0 Å². The van der Waals surface area contributed by atoms with Crippen LogP contribution in [-0.2, 0) is 11.3 Å². The molecule has 0 aliphatic rings. The van der Waals surface area contributed by atoms with Crippen molar-refractivity contribution in [1.29, 1.82) is 0 Å². The fourth-order valence-corrected chi connectivity index (χ4v) is 3.36. The number of methoxy groups -OCH3 is 1. The number of para-hydroxylation sites is 1. The number of nitrogens with zero attached hydrogens (tertiary/aromatic N) is 3. The second-order valence-electron chi connectivity index (χ2n) is 8.93. The third-order valence-electron chi connectivity index (χ3n) is 5.06. The second-order valence-corrected chi connectivity index (χ2v) is 8.93. The average molecular weight is 465 g/mol. The molecule has 0 radical (unpaired) electrons. The van der Waals surface area contributed by atoms with Gasteiger partial charge in [-0.05, 0) is 70.0 Å². The largest absolute Gasteiger partial charge is 0.494 e. The fourth-order valence-electron chi connectivity index (χ4n) is 3.36. The Bertz CT molecular complexity index is 1160. The fraction of sp³-hybridized carbons (Fsp3) is 0.346. The highest BCUT2D eigenvalue weighted by atomic mass is 16.6. The van der Waals surface area contributed by atoms with E-state index in [1.54, 1.807) is 35.0 Å². The molecule has 2 amide bonds. The zero-order valence-corrected chi connectivity index (χ0v) is 20.6. The number of benzene rings is 2. The number of hydrogen-bond donors (Lipinski definition) is 1. The predicted octanol–water partition coefficient (Wildman–Crippen LogP) is 5.20. The first-order chi connectivity index (χ1) is 16.1. The number of carbonyl (C=O) groups is 2. The summed E-state index contributed by atoms with van der Waals surface area (Å²) in [6, 6.07) is 14.8. The monoisotopic (exact) mass is 464 g/mol. The number of aryl methyl sites for hydroxylation is 1. The van der Waals surface area contributed by atoms with E-state index in [0.29, 0.717) is 24.5 Å². The number of ether oxygens (including phenoxy) is 2. The smallest absolute Gasteiger partial charge is 0.410 e. The van der Waals surface area contributed by atoms with E-state index < -0.39 is 11.7 Å². The molecule has 1 heterocycles. The average Bonchev–Trinajstić information content (AvgIpc) is 3.27. The summed E-state index contributed by atoms with van der Waals surface area (Å²) < 4.78 is 12.6. The Kier molecular flexibility index (Phi) is 7.61. The standard InChI is InChI=1S/C26H32N4O4/c1-7-29(25(32)34-26(3,4)5)17-19-10-8-9-11-20(19)27-24(31)21-14-15-30(28-21)22-16-18(2)12-13-23(22)33-6/h8-16H,7,17H2,1-6H3,(H,27,31). The van der Waals surface area contributed by atoms with Crippen LogP contribution in [0.25, 0.3) is 5.69 Å². The molecule has 0 aliphatic heterocycles. The van der Waals surface area contributed by atoms with E-state index >= 15 is 0 Å². The molecule has 0 atom stereocenters. The van der Waals surface area contributed by atoms with E-state index in [4.69, 9.17) is 9.47 Å². The minimum atomic E-state index is -0.586. The van der Waals surface area contributed by atoms with E-state index in [2.05, 4.69) is 10.4 Å². The number of amides is 2. The summed E-state index contributed by atoms with van der Waals surface area (Å²) in [6.45, 7) is 10.1. The molecule has 34 heavy (non-hydrogen) atoms. The van der Waals surface area contributed by atoms with Crippen molar-refractivity contribution in [2.24, 2.45) is 0 Å². The van der Waals surface area contributed by atoms with Gasteiger partial charge in [-0.1, -0.05) is 24.3 Å². The van der Waals surface area contributed by atoms with Gasteiger partial charge in [-0.3, -0.25) is 4.79 Å². The lowest BCUT2D eigenvalue weighted by Gasteiger charge is -2.27. The van der Waals surface area contributed by atoms with Crippen LogP contribution in [0.4, 0.5) is 10.5 Å². The Morgan fingerprint density at radius 3 is 2.53 bits per heavy atom. The number of nitrogens with one attached hydrogen (secondary N) is 1. The quantitative estimate of drug-likeness (QED) is 0.520. The lowest BCUT2D eigenvalue weighted by molar-refractivity contribution is 0.0245. The summed E-state index contributed by atoms with van der Waals surface area (Å²) in [4.78, 5) is 27.1. The summed E-state index contributed by atoms with van der Waals surface area (Å²) in [7, 11) is 1.60. The first kappa shape index (κ1) is 24.8. The summed E-state index contributed by atoms with van der Waals surface area (Å²) >= 11 is 0. The Hall–Kier alpha value is -3.81. The molecule has 0 fully saturated rings. The van der Waals surface area contributed by atoms with Crippen molar-refractivity contribution in [2.45, 2.75) is 46.8 Å². The SMILES string of the molecule is CCN(Cc1ccccc1NC(=O)c1ccn(-c2cc(C)ccc2OC)n1)C(=O)OC(C)(C)C. The molecule has 2 aromatic carbocycles. The number of anilines is 1. The summed E-state index contributed by atoms with van der Waals surface area (Å²) in [6.07, 6.45) is 1.32. The molecule has 0 aliphatic carbocycles. The first-order valence-electron chi connectivity index (χ1n) is 11.2. The maximum atomic E-state index is 13.0. The number of hydrogen-bond acceptors (Lipinski definition) is 5. The third-order valence-corrected chi connectivity index (χ3v) is 5.06. The lowest BCUT2D eigenvalue weighted by Crippen LogP contribution is -2.36. The minimum absolute atomic E-state index is 0.262. The van der Waals surface area contributed by atoms with Gasteiger partial charge in [0.05, 0.1) is 13.7 Å². The van der Waals surface area contributed by atoms with Crippen LogP contribution in [0, 0.1) is 6.92 Å². The summed E-state index contributed by atoms with van der Waals surface area (Å²) in [5.41, 5.74) is 2.88. The van der Waals surface area contributed by atoms with Crippen molar-refractivity contribution >= 4 is 17.7 Å². The van der Waals surface area contributed by atoms with Crippen molar-refractivity contribution in [3.8, 4) is 11.4 Å². The van der Waals surface area contributed by atoms with Gasteiger partial charge in [-0.25, -0.2) is 9.48 Å². The van der Waals surface area contributed by atoms with E-state index in [1.807, 2.05) is 71.0 Å². The van der Waals surface area contributed by atoms with Gasteiger partial charge in [-0.2, -0.15) is 5.10 Å². The van der Waals surface area contributed by atoms with E-state index in [0.717, 1.165) is 16.8 Å². The molecular formula is C26H32N4O4. The van der Waals surface area contributed by atoms with Crippen LogP contribution in [-0.4, -0.2) is 45.9 Å². The van der Waals surface area contributed by atoms with E-state index in [-0.39, 0.29) is 11.6 Å². The Morgan fingerprint density at radius 1 is 1.12 bits per heavy atom. The molecule has 180 valence electrons. The Balaban J connectivity index is 1.78. The lowest BCUT2D eigenvalue weighted by atomic mass is 10.1. The maximum absolute atomic E-state index is 13.0. The molecule has 0 unspecified atom stereocenters. The van der Waals surface area contributed by atoms with Gasteiger partial charge in [-0.15, -0.1) is 0 Å². The normalized spacial score (nSPS) is 11.1. The molecule has 3 rings (SSSR count). The molecular weight excluding hydrogens is 432 g/mol. The highest BCUT2D eigenvalue weighted by Crippen LogP contribution is 2.24. The molecule has 3 aromatic rings. The van der Waals surface area contributed by atoms with Gasteiger partial charge in [0.2, 0.25) is 0 Å². The molecule has 0 saturated carbocycles. The molecule has 0 spiro atoms. The van der Waals surface area contributed by atoms with Crippen LogP contribution in [0.5, 0.6) is 5.75 Å². The number of aromatic nitrogens is 2. The van der Waals surface area contributed by atoms with Gasteiger partial charge < -0.3 is 19.7 Å². The van der Waals surface area contributed by atoms with Crippen LogP contribution < -0.4 is 10.1 Å². The highest BCUT2D eigenvalue weighted by molar-refractivity contribution is 6.03. The van der Waals surface area contributed by atoms with Gasteiger partial charge in [0.1, 0.15) is 17.0 Å². The zero-order chi connectivity index (χ0) is 24.9. The molecule has 1 aromatic heterocycles. The van der Waals surface area contributed by atoms with Crippen molar-refractivity contribution in [1.82, 2.24) is 14.7 Å². The number of rotatable bonds is 7. The third kappa shape index (κ3) is 6.15. The van der Waals surface area contributed by atoms with Crippen molar-refractivity contribution in [3.05, 3.63) is 71.5 Å². The Labute approximate surface area is 200 Å². The van der Waals surface area contributed by atoms with Crippen LogP contribution in [0.3, 0.4) is 0 Å². The van der Waals surface area contributed by atoms with Crippen LogP contribution in [0.15, 0.2) is 54.7 Å². The van der Waals surface area contributed by atoms with Gasteiger partial charge in [0.25, 0.3) is 5.91 Å². The van der Waals surface area contributed by atoms with E-state index in [1.165, 1.54) is 0 Å². The van der Waals surface area contributed by atoms with Crippen LogP contribution in [0.2, 0.25) is 0 Å². The van der Waals surface area contributed by atoms with Gasteiger partial charge >= 0.3 is 6.09 Å².